The summed E-state index contributed by atoms with van der Waals surface area (Å²) in [5, 5.41) is 21.5. The minimum absolute atomic E-state index is 0.000278. The van der Waals surface area contributed by atoms with E-state index >= 15 is 0 Å². The maximum atomic E-state index is 12.0. The molecule has 0 aliphatic carbocycles. The van der Waals surface area contributed by atoms with E-state index in [1.54, 1.807) is 0 Å². The van der Waals surface area contributed by atoms with E-state index < -0.39 is 11.7 Å². The predicted molar refractivity (Wildman–Crippen MR) is 58.7 cm³/mol. The van der Waals surface area contributed by atoms with Crippen molar-refractivity contribution in [1.29, 1.82) is 0 Å². The summed E-state index contributed by atoms with van der Waals surface area (Å²) in [4.78, 5) is 24.5. The molecular formula is C11H12N2O4. The summed E-state index contributed by atoms with van der Waals surface area (Å²) in [5.41, 5.74) is -0.000278. The van der Waals surface area contributed by atoms with Crippen LogP contribution < -0.4 is 5.32 Å². The van der Waals surface area contributed by atoms with Gasteiger partial charge in [-0.2, -0.15) is 0 Å². The fourth-order valence-electron chi connectivity index (χ4n) is 1.69. The van der Waals surface area contributed by atoms with Gasteiger partial charge in [0.25, 0.3) is 5.91 Å². The van der Waals surface area contributed by atoms with Gasteiger partial charge < -0.3 is 20.4 Å². The van der Waals surface area contributed by atoms with Crippen LogP contribution in [0.4, 0.5) is 0 Å². The lowest BCUT2D eigenvalue weighted by Gasteiger charge is -2.26. The van der Waals surface area contributed by atoms with Crippen molar-refractivity contribution in [3.05, 3.63) is 23.8 Å². The van der Waals surface area contributed by atoms with Crippen LogP contribution in [0.15, 0.2) is 18.2 Å². The maximum absolute atomic E-state index is 12.0. The van der Waals surface area contributed by atoms with Crippen molar-refractivity contribution in [3.8, 4) is 11.5 Å². The monoisotopic (exact) mass is 236 g/mol. The third-order valence-electron chi connectivity index (χ3n) is 2.57. The molecule has 1 aromatic carbocycles. The second-order valence-electron chi connectivity index (χ2n) is 3.75. The first-order valence-corrected chi connectivity index (χ1v) is 5.16. The summed E-state index contributed by atoms with van der Waals surface area (Å²) < 4.78 is 0. The van der Waals surface area contributed by atoms with E-state index in [0.29, 0.717) is 13.1 Å². The van der Waals surface area contributed by atoms with Gasteiger partial charge in [-0.3, -0.25) is 9.59 Å². The molecule has 1 aromatic rings. The molecule has 17 heavy (non-hydrogen) atoms. The third kappa shape index (κ3) is 2.15. The Kier molecular flexibility index (Phi) is 2.86. The zero-order valence-electron chi connectivity index (χ0n) is 9.01. The van der Waals surface area contributed by atoms with Crippen LogP contribution in [0.5, 0.6) is 11.5 Å². The van der Waals surface area contributed by atoms with Crippen LogP contribution in [-0.2, 0) is 4.79 Å². The third-order valence-corrected chi connectivity index (χ3v) is 2.57. The minimum atomic E-state index is -0.465. The summed E-state index contributed by atoms with van der Waals surface area (Å²) in [6.45, 7) is 0.748. The van der Waals surface area contributed by atoms with Crippen molar-refractivity contribution < 1.29 is 19.8 Å². The highest BCUT2D eigenvalue weighted by molar-refractivity contribution is 5.99. The van der Waals surface area contributed by atoms with Crippen molar-refractivity contribution in [2.24, 2.45) is 0 Å². The molecule has 6 nitrogen and oxygen atoms in total. The molecule has 1 saturated heterocycles. The summed E-state index contributed by atoms with van der Waals surface area (Å²) in [6, 6.07) is 4.16. The first-order chi connectivity index (χ1) is 8.09. The van der Waals surface area contributed by atoms with E-state index in [1.165, 1.54) is 23.1 Å². The summed E-state index contributed by atoms with van der Waals surface area (Å²) in [6.07, 6.45) is 0. The number of phenols is 2. The number of nitrogens with one attached hydrogen (secondary N) is 1. The molecule has 0 unspecified atom stereocenters. The van der Waals surface area contributed by atoms with Gasteiger partial charge in [0, 0.05) is 13.1 Å². The van der Waals surface area contributed by atoms with E-state index in [1.807, 2.05) is 0 Å². The number of aromatic hydroxyl groups is 2. The SMILES string of the molecule is O=C1CN(C(=O)c2cccc(O)c2O)CCN1. The number of amides is 2. The highest BCUT2D eigenvalue weighted by Crippen LogP contribution is 2.29. The number of rotatable bonds is 1. The highest BCUT2D eigenvalue weighted by Gasteiger charge is 2.24. The lowest BCUT2D eigenvalue weighted by Crippen LogP contribution is -2.49. The Morgan fingerprint density at radius 1 is 1.35 bits per heavy atom. The molecule has 3 N–H and O–H groups in total. The van der Waals surface area contributed by atoms with Gasteiger partial charge in [0.05, 0.1) is 12.1 Å². The van der Waals surface area contributed by atoms with Crippen molar-refractivity contribution >= 4 is 11.8 Å². The van der Waals surface area contributed by atoms with Gasteiger partial charge in [0.2, 0.25) is 5.91 Å². The first-order valence-electron chi connectivity index (χ1n) is 5.16. The van der Waals surface area contributed by atoms with Crippen molar-refractivity contribution in [3.63, 3.8) is 0 Å². The number of carbonyl (C=O) groups is 2. The number of hydrogen-bond acceptors (Lipinski definition) is 4. The summed E-state index contributed by atoms with van der Waals surface area (Å²) in [7, 11) is 0. The summed E-state index contributed by atoms with van der Waals surface area (Å²) in [5.74, 6) is -1.50. The normalized spacial score (nSPS) is 15.5. The molecule has 6 heteroatoms. The maximum Gasteiger partial charge on any atom is 0.258 e. The molecule has 0 radical (unpaired) electrons. The number of carbonyl (C=O) groups excluding carboxylic acids is 2. The molecule has 90 valence electrons. The van der Waals surface area contributed by atoms with Crippen LogP contribution in [-0.4, -0.2) is 46.6 Å². The molecule has 0 aromatic heterocycles. The fourth-order valence-corrected chi connectivity index (χ4v) is 1.69. The zero-order valence-corrected chi connectivity index (χ0v) is 9.01. The van der Waals surface area contributed by atoms with E-state index in [4.69, 9.17) is 0 Å². The van der Waals surface area contributed by atoms with Gasteiger partial charge >= 0.3 is 0 Å². The Balaban J connectivity index is 2.24. The molecule has 2 rings (SSSR count). The Bertz CT molecular complexity index is 473. The summed E-state index contributed by atoms with van der Waals surface area (Å²) >= 11 is 0. The molecule has 1 fully saturated rings. The molecule has 1 aliphatic rings. The number of para-hydroxylation sites is 1. The van der Waals surface area contributed by atoms with Gasteiger partial charge in [-0.1, -0.05) is 6.07 Å². The lowest BCUT2D eigenvalue weighted by atomic mass is 10.1. The number of benzene rings is 1. The van der Waals surface area contributed by atoms with Gasteiger partial charge in [0.15, 0.2) is 11.5 Å². The molecule has 0 spiro atoms. The van der Waals surface area contributed by atoms with Crippen LogP contribution in [0.1, 0.15) is 10.4 Å². The quantitative estimate of drug-likeness (QED) is 0.582. The lowest BCUT2D eigenvalue weighted by molar-refractivity contribution is -0.123. The van der Waals surface area contributed by atoms with Crippen molar-refractivity contribution in [2.75, 3.05) is 19.6 Å². The van der Waals surface area contributed by atoms with Crippen LogP contribution in [0.25, 0.3) is 0 Å². The molecule has 0 bridgehead atoms. The fraction of sp³-hybridized carbons (Fsp3) is 0.273. The molecule has 0 saturated carbocycles. The molecule has 1 heterocycles. The molecular weight excluding hydrogens is 224 g/mol. The Labute approximate surface area is 97.5 Å². The molecule has 1 aliphatic heterocycles. The van der Waals surface area contributed by atoms with Gasteiger partial charge in [0.1, 0.15) is 0 Å². The first kappa shape index (κ1) is 11.3. The van der Waals surface area contributed by atoms with Gasteiger partial charge in [-0.25, -0.2) is 0 Å². The van der Waals surface area contributed by atoms with Crippen LogP contribution in [0.3, 0.4) is 0 Å². The van der Waals surface area contributed by atoms with Crippen LogP contribution in [0, 0.1) is 0 Å². The standard InChI is InChI=1S/C11H12N2O4/c14-8-3-1-2-7(10(8)16)11(17)13-5-4-12-9(15)6-13/h1-3,14,16H,4-6H2,(H,12,15). The number of phenolic OH excluding ortho intramolecular Hbond substituents is 2. The largest absolute Gasteiger partial charge is 0.504 e. The average molecular weight is 236 g/mol. The van der Waals surface area contributed by atoms with Crippen molar-refractivity contribution in [2.45, 2.75) is 0 Å². The van der Waals surface area contributed by atoms with Gasteiger partial charge in [-0.15, -0.1) is 0 Å². The van der Waals surface area contributed by atoms with Gasteiger partial charge in [-0.05, 0) is 12.1 Å². The molecule has 2 amide bonds. The highest BCUT2D eigenvalue weighted by atomic mass is 16.3. The number of piperazine rings is 1. The van der Waals surface area contributed by atoms with Crippen molar-refractivity contribution in [1.82, 2.24) is 10.2 Å². The smallest absolute Gasteiger partial charge is 0.258 e. The van der Waals surface area contributed by atoms with E-state index in [2.05, 4.69) is 5.32 Å². The van der Waals surface area contributed by atoms with Crippen LogP contribution >= 0.6 is 0 Å². The molecule has 0 atom stereocenters. The topological polar surface area (TPSA) is 89.9 Å². The zero-order chi connectivity index (χ0) is 12.4. The predicted octanol–water partition coefficient (Wildman–Crippen LogP) is -0.330. The van der Waals surface area contributed by atoms with E-state index in [9.17, 15) is 19.8 Å². The Morgan fingerprint density at radius 2 is 2.12 bits per heavy atom. The van der Waals surface area contributed by atoms with Crippen LogP contribution in [0.2, 0.25) is 0 Å². The second-order valence-corrected chi connectivity index (χ2v) is 3.75. The Hall–Kier alpha value is -2.24. The Morgan fingerprint density at radius 3 is 2.82 bits per heavy atom. The number of nitrogens with zero attached hydrogens (tertiary/aromatic N) is 1. The number of hydrogen-bond donors (Lipinski definition) is 3. The van der Waals surface area contributed by atoms with E-state index in [-0.39, 0.29) is 23.8 Å². The van der Waals surface area contributed by atoms with E-state index in [0.717, 1.165) is 0 Å². The average Bonchev–Trinajstić information content (AvgIpc) is 2.32. The second kappa shape index (κ2) is 4.32. The minimum Gasteiger partial charge on any atom is -0.504 e.